The highest BCUT2D eigenvalue weighted by Crippen LogP contribution is 2.21. The number of hydrogen-bond donors (Lipinski definition) is 2. The maximum atomic E-state index is 12.8. The molecule has 0 heterocycles. The number of alkyl carbamates (subject to hydrolysis) is 2. The molecule has 0 rings (SSSR count). The molecule has 0 atom stereocenters. The van der Waals surface area contributed by atoms with Crippen molar-refractivity contribution in [3.05, 3.63) is 48.6 Å². The van der Waals surface area contributed by atoms with E-state index >= 15 is 0 Å². The molecule has 0 bridgehead atoms. The largest absolute Gasteiger partial charge is 0.468 e. The van der Waals surface area contributed by atoms with Crippen molar-refractivity contribution in [1.82, 2.24) is 10.6 Å². The zero-order chi connectivity index (χ0) is 37.5. The van der Waals surface area contributed by atoms with Gasteiger partial charge in [0.15, 0.2) is 0 Å². The molecule has 0 spiro atoms. The molecule has 16 heteroatoms. The average Bonchev–Trinajstić information content (AvgIpc) is 3.01. The van der Waals surface area contributed by atoms with E-state index < -0.39 is 98.2 Å². The highest BCUT2D eigenvalue weighted by molar-refractivity contribution is 5.88. The Kier molecular flexibility index (Phi) is 16.8. The van der Waals surface area contributed by atoms with Gasteiger partial charge in [-0.2, -0.15) is 0 Å². The molecule has 2 N–H and O–H groups in total. The lowest BCUT2D eigenvalue weighted by atomic mass is 9.93. The van der Waals surface area contributed by atoms with Crippen molar-refractivity contribution >= 4 is 42.0 Å². The van der Waals surface area contributed by atoms with Crippen molar-refractivity contribution in [2.24, 2.45) is 5.41 Å². The molecule has 0 saturated carbocycles. The zero-order valence-corrected chi connectivity index (χ0v) is 28.8. The number of rotatable bonds is 19. The van der Waals surface area contributed by atoms with Gasteiger partial charge in [-0.25, -0.2) is 28.8 Å². The van der Waals surface area contributed by atoms with Gasteiger partial charge in [0.25, 0.3) is 0 Å². The van der Waals surface area contributed by atoms with E-state index in [1.807, 2.05) is 0 Å². The number of carbonyl (C=O) groups excluding carboxylic acids is 7. The first-order chi connectivity index (χ1) is 22.0. The number of nitrogens with one attached hydrogen (secondary N) is 2. The van der Waals surface area contributed by atoms with Gasteiger partial charge in [0.2, 0.25) is 0 Å². The lowest BCUT2D eigenvalue weighted by Gasteiger charge is -2.31. The van der Waals surface area contributed by atoms with Gasteiger partial charge in [-0.3, -0.25) is 4.79 Å². The first-order valence-corrected chi connectivity index (χ1v) is 14.3. The smallest absolute Gasteiger partial charge is 0.407 e. The quantitative estimate of drug-likeness (QED) is 0.114. The number of hydrogen-bond acceptors (Lipinski definition) is 14. The van der Waals surface area contributed by atoms with Crippen molar-refractivity contribution in [2.75, 3.05) is 46.8 Å². The minimum absolute atomic E-state index is 0.0813. The number of esters is 5. The van der Waals surface area contributed by atoms with Gasteiger partial charge in [-0.05, 0) is 48.5 Å². The fourth-order valence-corrected chi connectivity index (χ4v) is 3.04. The summed E-state index contributed by atoms with van der Waals surface area (Å²) in [7, 11) is 1.06. The van der Waals surface area contributed by atoms with Crippen LogP contribution in [0.3, 0.4) is 0 Å². The fraction of sp³-hybridized carbons (Fsp3) is 0.531. The molecule has 0 aliphatic rings. The third kappa shape index (κ3) is 15.4. The molecule has 0 aliphatic carbocycles. The molecule has 0 radical (unpaired) electrons. The van der Waals surface area contributed by atoms with E-state index in [1.54, 1.807) is 0 Å². The summed E-state index contributed by atoms with van der Waals surface area (Å²) in [4.78, 5) is 86.2. The SMILES string of the molecule is C=C(C)C(=O)OCC(C)(COC(=O)C(=C)C)NC(=O)OCC(C)(COC(=O)NC(C)(COC(=O)C(=C)C)COC(=O)C(=C)C)C(=O)OC. The summed E-state index contributed by atoms with van der Waals surface area (Å²) in [6.45, 7) is 20.4. The van der Waals surface area contributed by atoms with Crippen molar-refractivity contribution in [3.8, 4) is 0 Å². The standard InChI is InChI=1S/C32H46N2O14/c1-19(2)23(35)43-15-31(10,16-44-24(36)20(3)4)33-28(40)47-13-30(9,27(39)42-12)14-48-29(41)34-32(11,17-45-25(37)21(5)6)18-46-26(38)22(7)8/h1,3,5,7,13-18H2,2,4,6,8-12H3,(H,33,40)(H,34,41). The molecular formula is C32H46N2O14. The van der Waals surface area contributed by atoms with E-state index in [4.69, 9.17) is 33.2 Å². The third-order valence-electron chi connectivity index (χ3n) is 6.01. The van der Waals surface area contributed by atoms with E-state index in [2.05, 4.69) is 36.9 Å². The Balaban J connectivity index is 5.73. The Labute approximate surface area is 279 Å². The molecule has 0 fully saturated rings. The minimum Gasteiger partial charge on any atom is -0.468 e. The van der Waals surface area contributed by atoms with Crippen LogP contribution in [0.25, 0.3) is 0 Å². The Bertz CT molecular complexity index is 1170. The van der Waals surface area contributed by atoms with Crippen LogP contribution < -0.4 is 10.6 Å². The molecule has 0 aromatic carbocycles. The highest BCUT2D eigenvalue weighted by atomic mass is 16.6. The maximum absolute atomic E-state index is 12.8. The number of amides is 2. The summed E-state index contributed by atoms with van der Waals surface area (Å²) in [5.74, 6) is -4.00. The molecule has 268 valence electrons. The van der Waals surface area contributed by atoms with E-state index in [0.29, 0.717) is 0 Å². The van der Waals surface area contributed by atoms with Crippen molar-refractivity contribution in [2.45, 2.75) is 59.5 Å². The average molecular weight is 683 g/mol. The molecule has 0 saturated heterocycles. The van der Waals surface area contributed by atoms with E-state index in [-0.39, 0.29) is 22.3 Å². The third-order valence-corrected chi connectivity index (χ3v) is 6.01. The number of carbonyl (C=O) groups is 7. The predicted octanol–water partition coefficient (Wildman–Crippen LogP) is 2.61. The molecule has 0 aliphatic heterocycles. The van der Waals surface area contributed by atoms with Crippen molar-refractivity contribution in [1.29, 1.82) is 0 Å². The van der Waals surface area contributed by atoms with Crippen LogP contribution in [0.1, 0.15) is 48.5 Å². The van der Waals surface area contributed by atoms with Crippen LogP contribution in [-0.4, -0.2) is 99.9 Å². The molecule has 0 unspecified atom stereocenters. The first-order valence-electron chi connectivity index (χ1n) is 14.3. The second-order valence-corrected chi connectivity index (χ2v) is 12.0. The fourth-order valence-electron chi connectivity index (χ4n) is 3.04. The Morgan fingerprint density at radius 3 is 0.938 bits per heavy atom. The second-order valence-electron chi connectivity index (χ2n) is 12.0. The summed E-state index contributed by atoms with van der Waals surface area (Å²) >= 11 is 0. The summed E-state index contributed by atoms with van der Waals surface area (Å²) in [5, 5.41) is 4.85. The van der Waals surface area contributed by atoms with Crippen LogP contribution in [0, 0.1) is 5.41 Å². The van der Waals surface area contributed by atoms with Gasteiger partial charge in [0.05, 0.1) is 7.11 Å². The normalized spacial score (nSPS) is 11.1. The van der Waals surface area contributed by atoms with Gasteiger partial charge in [-0.15, -0.1) is 0 Å². The zero-order valence-electron chi connectivity index (χ0n) is 28.8. The monoisotopic (exact) mass is 682 g/mol. The maximum Gasteiger partial charge on any atom is 0.407 e. The number of methoxy groups -OCH3 is 1. The second kappa shape index (κ2) is 18.9. The van der Waals surface area contributed by atoms with Crippen LogP contribution in [-0.2, 0) is 57.1 Å². The minimum atomic E-state index is -1.76. The summed E-state index contributed by atoms with van der Waals surface area (Å²) < 4.78 is 35.8. The Hall–Kier alpha value is -5.15. The molecule has 48 heavy (non-hydrogen) atoms. The van der Waals surface area contributed by atoms with Crippen LogP contribution in [0.5, 0.6) is 0 Å². The Morgan fingerprint density at radius 1 is 0.479 bits per heavy atom. The van der Waals surface area contributed by atoms with Crippen LogP contribution >= 0.6 is 0 Å². The summed E-state index contributed by atoms with van der Waals surface area (Å²) in [6.07, 6.45) is -2.25. The molecule has 0 aromatic heterocycles. The summed E-state index contributed by atoms with van der Waals surface area (Å²) in [5.41, 5.74) is -4.44. The van der Waals surface area contributed by atoms with E-state index in [0.717, 1.165) is 7.11 Å². The van der Waals surface area contributed by atoms with Crippen molar-refractivity contribution in [3.63, 3.8) is 0 Å². The van der Waals surface area contributed by atoms with Gasteiger partial charge in [-0.1, -0.05) is 26.3 Å². The predicted molar refractivity (Wildman–Crippen MR) is 169 cm³/mol. The van der Waals surface area contributed by atoms with Crippen LogP contribution in [0.4, 0.5) is 9.59 Å². The topological polar surface area (TPSA) is 208 Å². The molecule has 2 amide bonds. The van der Waals surface area contributed by atoms with Crippen LogP contribution in [0.15, 0.2) is 48.6 Å². The lowest BCUT2D eigenvalue weighted by molar-refractivity contribution is -0.157. The highest BCUT2D eigenvalue weighted by Gasteiger charge is 2.40. The van der Waals surface area contributed by atoms with Crippen molar-refractivity contribution < 1.29 is 66.7 Å². The number of ether oxygens (including phenoxy) is 7. The van der Waals surface area contributed by atoms with Gasteiger partial charge in [0.1, 0.15) is 56.1 Å². The van der Waals surface area contributed by atoms with Gasteiger partial charge in [0, 0.05) is 22.3 Å². The van der Waals surface area contributed by atoms with E-state index in [1.165, 1.54) is 48.5 Å². The van der Waals surface area contributed by atoms with Crippen LogP contribution in [0.2, 0.25) is 0 Å². The lowest BCUT2D eigenvalue weighted by Crippen LogP contribution is -2.55. The van der Waals surface area contributed by atoms with Gasteiger partial charge < -0.3 is 43.8 Å². The molecular weight excluding hydrogens is 636 g/mol. The summed E-state index contributed by atoms with van der Waals surface area (Å²) in [6, 6.07) is 0. The first kappa shape index (κ1) is 42.9. The molecule has 0 aromatic rings. The Morgan fingerprint density at radius 2 is 0.729 bits per heavy atom. The molecule has 16 nitrogen and oxygen atoms in total. The van der Waals surface area contributed by atoms with Gasteiger partial charge >= 0.3 is 42.0 Å². The van der Waals surface area contributed by atoms with E-state index in [9.17, 15) is 33.6 Å².